The largest absolute Gasteiger partial charge is 0.375 e. The molecular formula is C17H15Cl2N5O3. The van der Waals surface area contributed by atoms with E-state index in [1.165, 1.54) is 6.07 Å². The Morgan fingerprint density at radius 1 is 1.26 bits per heavy atom. The van der Waals surface area contributed by atoms with Gasteiger partial charge in [-0.2, -0.15) is 5.10 Å². The second kappa shape index (κ2) is 7.53. The minimum Gasteiger partial charge on any atom is -0.375 e. The maximum absolute atomic E-state index is 12.5. The number of benzene rings is 2. The summed E-state index contributed by atoms with van der Waals surface area (Å²) < 4.78 is 0. The van der Waals surface area contributed by atoms with E-state index in [0.29, 0.717) is 21.8 Å². The van der Waals surface area contributed by atoms with Gasteiger partial charge in [0, 0.05) is 28.3 Å². The van der Waals surface area contributed by atoms with Crippen molar-refractivity contribution in [2.75, 3.05) is 5.32 Å². The van der Waals surface area contributed by atoms with Crippen molar-refractivity contribution >= 4 is 46.5 Å². The molecule has 8 nitrogen and oxygen atoms in total. The highest BCUT2D eigenvalue weighted by Gasteiger charge is 2.46. The molecule has 0 aromatic heterocycles. The Hall–Kier alpha value is -2.65. The van der Waals surface area contributed by atoms with E-state index >= 15 is 0 Å². The number of nitrogens with one attached hydrogen (secondary N) is 3. The van der Waals surface area contributed by atoms with Crippen molar-refractivity contribution in [1.82, 2.24) is 10.9 Å². The first-order chi connectivity index (χ1) is 12.8. The van der Waals surface area contributed by atoms with Gasteiger partial charge in [0.1, 0.15) is 0 Å². The van der Waals surface area contributed by atoms with Gasteiger partial charge in [0.2, 0.25) is 0 Å². The molecule has 1 aliphatic rings. The lowest BCUT2D eigenvalue weighted by atomic mass is 9.87. The number of nitrogens with two attached hydrogens (primary N) is 1. The number of carbonyl (C=O) groups is 2. The van der Waals surface area contributed by atoms with Crippen LogP contribution < -0.4 is 22.0 Å². The number of hydrogen-bond donors (Lipinski definition) is 5. The van der Waals surface area contributed by atoms with Gasteiger partial charge in [-0.05, 0) is 18.2 Å². The van der Waals surface area contributed by atoms with Gasteiger partial charge in [0.25, 0.3) is 5.91 Å². The van der Waals surface area contributed by atoms with Crippen LogP contribution in [0.15, 0.2) is 47.6 Å². The fourth-order valence-corrected chi connectivity index (χ4v) is 3.31. The maximum atomic E-state index is 12.5. The third-order valence-corrected chi connectivity index (χ3v) is 4.63. The smallest absolute Gasteiger partial charge is 0.349 e. The van der Waals surface area contributed by atoms with Crippen LogP contribution in [0.5, 0.6) is 0 Å². The van der Waals surface area contributed by atoms with Gasteiger partial charge >= 0.3 is 6.03 Å². The van der Waals surface area contributed by atoms with Crippen molar-refractivity contribution in [2.45, 2.75) is 12.0 Å². The fraction of sp³-hybridized carbons (Fsp3) is 0.118. The molecule has 1 atom stereocenters. The van der Waals surface area contributed by atoms with Gasteiger partial charge in [-0.25, -0.2) is 16.1 Å². The number of fused-ring (bicyclic) bond motifs is 1. The minimum absolute atomic E-state index is 0.162. The minimum atomic E-state index is -1.89. The summed E-state index contributed by atoms with van der Waals surface area (Å²) >= 11 is 12.2. The highest BCUT2D eigenvalue weighted by atomic mass is 35.5. The van der Waals surface area contributed by atoms with Crippen molar-refractivity contribution in [3.05, 3.63) is 63.6 Å². The molecule has 6 N–H and O–H groups in total. The number of nitrogens with zero attached hydrogens (tertiary/aromatic N) is 1. The van der Waals surface area contributed by atoms with Gasteiger partial charge in [0.05, 0.1) is 10.7 Å². The van der Waals surface area contributed by atoms with Crippen LogP contribution >= 0.6 is 23.2 Å². The average Bonchev–Trinajstić information content (AvgIpc) is 2.89. The molecule has 0 bridgehead atoms. The molecule has 140 valence electrons. The quantitative estimate of drug-likeness (QED) is 0.230. The number of anilines is 1. The molecule has 0 saturated carbocycles. The summed E-state index contributed by atoms with van der Waals surface area (Å²) in [6.45, 7) is 0. The second-order valence-electron chi connectivity index (χ2n) is 5.80. The number of hydrogen-bond acceptors (Lipinski definition) is 5. The number of hydrazine groups is 1. The summed E-state index contributed by atoms with van der Waals surface area (Å²) in [7, 11) is 0. The molecule has 0 fully saturated rings. The van der Waals surface area contributed by atoms with Crippen LogP contribution in [0.1, 0.15) is 17.5 Å². The Bertz CT molecular complexity index is 950. The van der Waals surface area contributed by atoms with E-state index in [2.05, 4.69) is 15.8 Å². The van der Waals surface area contributed by atoms with E-state index in [9.17, 15) is 14.7 Å². The zero-order valence-electron chi connectivity index (χ0n) is 13.8. The van der Waals surface area contributed by atoms with Crippen LogP contribution in [0.25, 0.3) is 0 Å². The van der Waals surface area contributed by atoms with Crippen LogP contribution in [0.3, 0.4) is 0 Å². The van der Waals surface area contributed by atoms with Crippen molar-refractivity contribution in [3.8, 4) is 0 Å². The SMILES string of the molecule is NNC(=O)N/N=C(/CC1(O)C(=O)Nc2ccccc21)c1ccc(Cl)cc1Cl. The van der Waals surface area contributed by atoms with Crippen molar-refractivity contribution in [3.63, 3.8) is 0 Å². The molecule has 1 heterocycles. The number of aliphatic hydroxyl groups is 1. The predicted octanol–water partition coefficient (Wildman–Crippen LogP) is 2.10. The molecule has 0 radical (unpaired) electrons. The first kappa shape index (κ1) is 19.1. The van der Waals surface area contributed by atoms with Gasteiger partial charge in [-0.1, -0.05) is 47.5 Å². The number of hydrazone groups is 1. The molecule has 2 aromatic rings. The number of carbonyl (C=O) groups excluding carboxylic acids is 2. The average molecular weight is 408 g/mol. The Balaban J connectivity index is 2.04. The lowest BCUT2D eigenvalue weighted by molar-refractivity contribution is -0.132. The number of rotatable bonds is 4. The molecule has 10 heteroatoms. The second-order valence-corrected chi connectivity index (χ2v) is 6.65. The lowest BCUT2D eigenvalue weighted by Gasteiger charge is -2.22. The zero-order valence-corrected chi connectivity index (χ0v) is 15.3. The summed E-state index contributed by atoms with van der Waals surface area (Å²) in [5.41, 5.74) is 3.61. The first-order valence-corrected chi connectivity index (χ1v) is 8.52. The van der Waals surface area contributed by atoms with Crippen LogP contribution in [0, 0.1) is 0 Å². The molecule has 2 aromatic carbocycles. The normalized spacial score (nSPS) is 18.7. The highest BCUT2D eigenvalue weighted by molar-refractivity contribution is 6.37. The molecule has 0 aliphatic carbocycles. The Kier molecular flexibility index (Phi) is 5.33. The van der Waals surface area contributed by atoms with Crippen LogP contribution in [0.2, 0.25) is 10.0 Å². The van der Waals surface area contributed by atoms with E-state index in [-0.39, 0.29) is 17.2 Å². The lowest BCUT2D eigenvalue weighted by Crippen LogP contribution is -2.40. The van der Waals surface area contributed by atoms with E-state index in [1.54, 1.807) is 36.4 Å². The van der Waals surface area contributed by atoms with Crippen LogP contribution in [0.4, 0.5) is 10.5 Å². The number of urea groups is 1. The Labute approximate surface area is 164 Å². The molecular weight excluding hydrogens is 393 g/mol. The van der Waals surface area contributed by atoms with Crippen molar-refractivity contribution in [1.29, 1.82) is 0 Å². The highest BCUT2D eigenvalue weighted by Crippen LogP contribution is 2.39. The topological polar surface area (TPSA) is 129 Å². The molecule has 3 amide bonds. The summed E-state index contributed by atoms with van der Waals surface area (Å²) in [5, 5.41) is 18.3. The number of amides is 3. The van der Waals surface area contributed by atoms with Crippen molar-refractivity contribution < 1.29 is 14.7 Å². The molecule has 0 saturated heterocycles. The maximum Gasteiger partial charge on any atom is 0.349 e. The van der Waals surface area contributed by atoms with E-state index in [4.69, 9.17) is 29.0 Å². The molecule has 0 spiro atoms. The predicted molar refractivity (Wildman–Crippen MR) is 102 cm³/mol. The van der Waals surface area contributed by atoms with E-state index in [0.717, 1.165) is 0 Å². The molecule has 3 rings (SSSR count). The first-order valence-electron chi connectivity index (χ1n) is 7.77. The van der Waals surface area contributed by atoms with Crippen molar-refractivity contribution in [2.24, 2.45) is 10.9 Å². The molecule has 1 aliphatic heterocycles. The van der Waals surface area contributed by atoms with Gasteiger partial charge in [-0.3, -0.25) is 10.2 Å². The summed E-state index contributed by atoms with van der Waals surface area (Å²) in [5.74, 6) is 4.43. The van der Waals surface area contributed by atoms with Gasteiger partial charge in [0.15, 0.2) is 5.60 Å². The summed E-state index contributed by atoms with van der Waals surface area (Å²) in [6, 6.07) is 10.6. The van der Waals surface area contributed by atoms with Crippen LogP contribution in [-0.4, -0.2) is 22.8 Å². The third kappa shape index (κ3) is 3.74. The third-order valence-electron chi connectivity index (χ3n) is 4.09. The van der Waals surface area contributed by atoms with Gasteiger partial charge in [-0.15, -0.1) is 0 Å². The Morgan fingerprint density at radius 2 is 2.00 bits per heavy atom. The Morgan fingerprint density at radius 3 is 2.70 bits per heavy atom. The number of para-hydroxylation sites is 1. The number of halogens is 2. The summed E-state index contributed by atoms with van der Waals surface area (Å²) in [6.07, 6.45) is -0.248. The summed E-state index contributed by atoms with van der Waals surface area (Å²) in [4.78, 5) is 23.9. The fourth-order valence-electron chi connectivity index (χ4n) is 2.79. The molecule has 27 heavy (non-hydrogen) atoms. The van der Waals surface area contributed by atoms with Crippen LogP contribution in [-0.2, 0) is 10.4 Å². The van der Waals surface area contributed by atoms with E-state index < -0.39 is 17.5 Å². The van der Waals surface area contributed by atoms with Gasteiger partial charge < -0.3 is 10.4 Å². The molecule has 1 unspecified atom stereocenters. The standard InChI is InChI=1S/C17H15Cl2N5O3/c18-9-5-6-10(12(19)7-9)14(23-24-16(26)22-20)8-17(27)11-3-1-2-4-13(11)21-15(17)25/h1-7,27H,8,20H2,(H,21,25)(H2,22,24,26)/b23-14-. The monoisotopic (exact) mass is 407 g/mol. The van der Waals surface area contributed by atoms with E-state index in [1.807, 2.05) is 5.43 Å². The zero-order chi connectivity index (χ0) is 19.6.